The molecule has 1 aliphatic rings. The van der Waals surface area contributed by atoms with Gasteiger partial charge in [0, 0.05) is 42.4 Å². The van der Waals surface area contributed by atoms with Gasteiger partial charge >= 0.3 is 6.18 Å². The Morgan fingerprint density at radius 1 is 1.15 bits per heavy atom. The van der Waals surface area contributed by atoms with Gasteiger partial charge in [0.2, 0.25) is 0 Å². The molecule has 1 aliphatic heterocycles. The Morgan fingerprint density at radius 2 is 1.85 bits per heavy atom. The molecule has 2 aromatic rings. The van der Waals surface area contributed by atoms with Crippen LogP contribution in [0.3, 0.4) is 0 Å². The quantitative estimate of drug-likeness (QED) is 0.680. The number of nitrogens with zero attached hydrogens (tertiary/aromatic N) is 3. The fourth-order valence-electron chi connectivity index (χ4n) is 2.74. The standard InChI is InChI=1S/C17H14BrClF3N3O/c18-13-3-1-2-11(8-13)16(26)25-6-4-24(5-7-25)15-14(19)9-12(10-23-15)17(20,21)22/h1-3,8-10H,4-7H2. The van der Waals surface area contributed by atoms with Crippen LogP contribution in [0.15, 0.2) is 41.0 Å². The average molecular weight is 449 g/mol. The number of rotatable bonds is 2. The van der Waals surface area contributed by atoms with Crippen molar-refractivity contribution in [3.8, 4) is 0 Å². The molecule has 9 heteroatoms. The molecule has 0 atom stereocenters. The van der Waals surface area contributed by atoms with Crippen LogP contribution in [0.2, 0.25) is 5.02 Å². The lowest BCUT2D eigenvalue weighted by Gasteiger charge is -2.35. The van der Waals surface area contributed by atoms with Gasteiger partial charge in [0.1, 0.15) is 5.82 Å². The summed E-state index contributed by atoms with van der Waals surface area (Å²) in [4.78, 5) is 19.9. The summed E-state index contributed by atoms with van der Waals surface area (Å²) < 4.78 is 39.0. The van der Waals surface area contributed by atoms with Gasteiger partial charge in [-0.25, -0.2) is 4.98 Å². The zero-order chi connectivity index (χ0) is 18.9. The lowest BCUT2D eigenvalue weighted by atomic mass is 10.2. The summed E-state index contributed by atoms with van der Waals surface area (Å²) in [6.07, 6.45) is -3.70. The molecule has 0 aliphatic carbocycles. The van der Waals surface area contributed by atoms with E-state index in [1.165, 1.54) is 0 Å². The van der Waals surface area contributed by atoms with Crippen molar-refractivity contribution in [3.63, 3.8) is 0 Å². The number of hydrogen-bond donors (Lipinski definition) is 0. The van der Waals surface area contributed by atoms with E-state index in [0.29, 0.717) is 37.6 Å². The number of carbonyl (C=O) groups excluding carboxylic acids is 1. The minimum Gasteiger partial charge on any atom is -0.352 e. The third-order valence-corrected chi connectivity index (χ3v) is 4.86. The first-order valence-electron chi connectivity index (χ1n) is 7.78. The number of benzene rings is 1. The van der Waals surface area contributed by atoms with Crippen molar-refractivity contribution in [1.82, 2.24) is 9.88 Å². The Bertz CT molecular complexity index is 823. The van der Waals surface area contributed by atoms with Crippen LogP contribution >= 0.6 is 27.5 Å². The van der Waals surface area contributed by atoms with E-state index < -0.39 is 11.7 Å². The third kappa shape index (κ3) is 4.12. The maximum absolute atomic E-state index is 12.7. The van der Waals surface area contributed by atoms with Gasteiger partial charge in [-0.1, -0.05) is 33.6 Å². The molecular formula is C17H14BrClF3N3O. The fraction of sp³-hybridized carbons (Fsp3) is 0.294. The van der Waals surface area contributed by atoms with Gasteiger partial charge in [-0.05, 0) is 24.3 Å². The zero-order valence-electron chi connectivity index (χ0n) is 13.4. The largest absolute Gasteiger partial charge is 0.417 e. The van der Waals surface area contributed by atoms with E-state index >= 15 is 0 Å². The van der Waals surface area contributed by atoms with Crippen LogP contribution in [0, 0.1) is 0 Å². The van der Waals surface area contributed by atoms with Crippen LogP contribution in [0.25, 0.3) is 0 Å². The molecule has 4 nitrogen and oxygen atoms in total. The summed E-state index contributed by atoms with van der Waals surface area (Å²) in [7, 11) is 0. The molecule has 1 aromatic carbocycles. The molecule has 0 radical (unpaired) electrons. The molecule has 3 rings (SSSR count). The predicted molar refractivity (Wildman–Crippen MR) is 96.5 cm³/mol. The highest BCUT2D eigenvalue weighted by Crippen LogP contribution is 2.33. The Labute approximate surface area is 161 Å². The monoisotopic (exact) mass is 447 g/mol. The van der Waals surface area contributed by atoms with Gasteiger partial charge in [0.25, 0.3) is 5.91 Å². The van der Waals surface area contributed by atoms with Gasteiger partial charge < -0.3 is 9.80 Å². The van der Waals surface area contributed by atoms with Gasteiger partial charge in [0.15, 0.2) is 0 Å². The fourth-order valence-corrected chi connectivity index (χ4v) is 3.43. The first-order valence-corrected chi connectivity index (χ1v) is 8.95. The Hall–Kier alpha value is -1.80. The van der Waals surface area contributed by atoms with Gasteiger partial charge in [0.05, 0.1) is 10.6 Å². The molecule has 1 saturated heterocycles. The summed E-state index contributed by atoms with van der Waals surface area (Å²) >= 11 is 9.33. The van der Waals surface area contributed by atoms with Crippen molar-refractivity contribution in [2.45, 2.75) is 6.18 Å². The molecule has 0 bridgehead atoms. The zero-order valence-corrected chi connectivity index (χ0v) is 15.8. The Balaban J connectivity index is 1.68. The second-order valence-electron chi connectivity index (χ2n) is 5.82. The number of hydrogen-bond acceptors (Lipinski definition) is 3. The van der Waals surface area contributed by atoms with Crippen LogP contribution in [-0.4, -0.2) is 42.0 Å². The van der Waals surface area contributed by atoms with Crippen LogP contribution in [0.4, 0.5) is 19.0 Å². The molecule has 0 spiro atoms. The van der Waals surface area contributed by atoms with E-state index in [0.717, 1.165) is 16.7 Å². The molecule has 138 valence electrons. The van der Waals surface area contributed by atoms with Gasteiger partial charge in [-0.15, -0.1) is 0 Å². The number of pyridine rings is 1. The number of anilines is 1. The van der Waals surface area contributed by atoms with Crippen molar-refractivity contribution in [3.05, 3.63) is 57.2 Å². The van der Waals surface area contributed by atoms with E-state index in [2.05, 4.69) is 20.9 Å². The van der Waals surface area contributed by atoms with Crippen molar-refractivity contribution in [2.24, 2.45) is 0 Å². The minimum atomic E-state index is -4.48. The number of halogens is 5. The first-order chi connectivity index (χ1) is 12.3. The number of amides is 1. The topological polar surface area (TPSA) is 36.4 Å². The molecule has 1 aromatic heterocycles. The summed E-state index contributed by atoms with van der Waals surface area (Å²) in [5, 5.41) is -0.0495. The number of aromatic nitrogens is 1. The Kier molecular flexibility index (Phi) is 5.43. The van der Waals surface area contributed by atoms with Crippen molar-refractivity contribution >= 4 is 39.3 Å². The number of alkyl halides is 3. The van der Waals surface area contributed by atoms with Crippen molar-refractivity contribution < 1.29 is 18.0 Å². The van der Waals surface area contributed by atoms with E-state index in [-0.39, 0.29) is 10.9 Å². The normalized spacial score (nSPS) is 15.3. The smallest absolute Gasteiger partial charge is 0.352 e. The van der Waals surface area contributed by atoms with E-state index in [4.69, 9.17) is 11.6 Å². The molecule has 1 fully saturated rings. The maximum Gasteiger partial charge on any atom is 0.417 e. The lowest BCUT2D eigenvalue weighted by molar-refractivity contribution is -0.137. The van der Waals surface area contributed by atoms with E-state index in [1.807, 2.05) is 6.07 Å². The van der Waals surface area contributed by atoms with Crippen LogP contribution in [0.1, 0.15) is 15.9 Å². The molecule has 0 unspecified atom stereocenters. The van der Waals surface area contributed by atoms with Gasteiger partial charge in [-0.3, -0.25) is 4.79 Å². The lowest BCUT2D eigenvalue weighted by Crippen LogP contribution is -2.49. The highest BCUT2D eigenvalue weighted by molar-refractivity contribution is 9.10. The molecule has 26 heavy (non-hydrogen) atoms. The summed E-state index contributed by atoms with van der Waals surface area (Å²) in [6.45, 7) is 1.75. The van der Waals surface area contributed by atoms with Crippen LogP contribution in [0.5, 0.6) is 0 Å². The van der Waals surface area contributed by atoms with E-state index in [9.17, 15) is 18.0 Å². The number of piperazine rings is 1. The SMILES string of the molecule is O=C(c1cccc(Br)c1)N1CCN(c2ncc(C(F)(F)F)cc2Cl)CC1. The van der Waals surface area contributed by atoms with Crippen molar-refractivity contribution in [2.75, 3.05) is 31.1 Å². The third-order valence-electron chi connectivity index (χ3n) is 4.09. The van der Waals surface area contributed by atoms with Gasteiger partial charge in [-0.2, -0.15) is 13.2 Å². The maximum atomic E-state index is 12.7. The molecule has 2 heterocycles. The second kappa shape index (κ2) is 7.44. The predicted octanol–water partition coefficient (Wildman–Crippen LogP) is 4.48. The molecule has 1 amide bonds. The molecule has 0 N–H and O–H groups in total. The summed E-state index contributed by atoms with van der Waals surface area (Å²) in [6, 6.07) is 8.01. The Morgan fingerprint density at radius 3 is 2.42 bits per heavy atom. The number of carbonyl (C=O) groups is 1. The van der Waals surface area contributed by atoms with Crippen LogP contribution in [-0.2, 0) is 6.18 Å². The second-order valence-corrected chi connectivity index (χ2v) is 7.14. The highest BCUT2D eigenvalue weighted by Gasteiger charge is 2.32. The molecule has 0 saturated carbocycles. The van der Waals surface area contributed by atoms with Crippen molar-refractivity contribution in [1.29, 1.82) is 0 Å². The molecular weight excluding hydrogens is 435 g/mol. The highest BCUT2D eigenvalue weighted by atomic mass is 79.9. The van der Waals surface area contributed by atoms with E-state index in [1.54, 1.807) is 28.0 Å². The summed E-state index contributed by atoms with van der Waals surface area (Å²) in [5.41, 5.74) is -0.298. The average Bonchev–Trinajstić information content (AvgIpc) is 2.60. The summed E-state index contributed by atoms with van der Waals surface area (Å²) in [5.74, 6) is 0.214. The minimum absolute atomic E-state index is 0.0495. The first kappa shape index (κ1) is 19.0. The van der Waals surface area contributed by atoms with Crippen LogP contribution < -0.4 is 4.90 Å².